The molecule has 0 fully saturated rings. The van der Waals surface area contributed by atoms with Crippen LogP contribution in [0.3, 0.4) is 0 Å². The van der Waals surface area contributed by atoms with E-state index in [4.69, 9.17) is 19.7 Å². The number of hydrogen-bond donors (Lipinski definition) is 1. The van der Waals surface area contributed by atoms with Crippen molar-refractivity contribution in [2.75, 3.05) is 18.9 Å². The molecule has 0 unspecified atom stereocenters. The van der Waals surface area contributed by atoms with Gasteiger partial charge in [-0.1, -0.05) is 12.1 Å². The molecule has 3 rings (SSSR count). The summed E-state index contributed by atoms with van der Waals surface area (Å²) in [6, 6.07) is 5.60. The maximum absolute atomic E-state index is 5.82. The lowest BCUT2D eigenvalue weighted by molar-refractivity contribution is 0.296. The Morgan fingerprint density at radius 2 is 2.11 bits per heavy atom. The summed E-state index contributed by atoms with van der Waals surface area (Å²) in [5.41, 5.74) is 7.63. The summed E-state index contributed by atoms with van der Waals surface area (Å²) in [7, 11) is 0. The predicted octanol–water partition coefficient (Wildman–Crippen LogP) is 2.65. The molecule has 19 heavy (non-hydrogen) atoms. The Hall–Kier alpha value is -2.17. The average molecular weight is 260 g/mol. The number of rotatable bonds is 2. The lowest BCUT2D eigenvalue weighted by atomic mass is 10.0. The highest BCUT2D eigenvalue weighted by atomic mass is 16.5. The van der Waals surface area contributed by atoms with Crippen molar-refractivity contribution in [1.82, 2.24) is 5.16 Å². The number of fused-ring (bicyclic) bond motifs is 1. The molecule has 1 aliphatic rings. The molecule has 0 radical (unpaired) electrons. The van der Waals surface area contributed by atoms with Crippen molar-refractivity contribution in [1.29, 1.82) is 0 Å². The third kappa shape index (κ3) is 2.12. The summed E-state index contributed by atoms with van der Waals surface area (Å²) in [4.78, 5) is 0. The summed E-state index contributed by atoms with van der Waals surface area (Å²) in [6.07, 6.45) is 1.71. The molecule has 1 aromatic heterocycles. The maximum Gasteiger partial charge on any atom is 0.169 e. The number of ether oxygens (including phenoxy) is 2. The molecule has 5 nitrogen and oxygen atoms in total. The van der Waals surface area contributed by atoms with E-state index in [1.807, 2.05) is 12.1 Å². The molecule has 0 spiro atoms. The first-order chi connectivity index (χ1) is 9.29. The first-order valence-electron chi connectivity index (χ1n) is 6.43. The number of anilines is 1. The van der Waals surface area contributed by atoms with Gasteiger partial charge in [0.05, 0.1) is 13.2 Å². The van der Waals surface area contributed by atoms with Crippen LogP contribution >= 0.6 is 0 Å². The smallest absolute Gasteiger partial charge is 0.169 e. The van der Waals surface area contributed by atoms with Crippen LogP contribution in [0, 0.1) is 0 Å². The van der Waals surface area contributed by atoms with Crippen molar-refractivity contribution < 1.29 is 14.0 Å². The Balaban J connectivity index is 2.13. The fraction of sp³-hybridized carbons (Fsp3) is 0.357. The Labute approximate surface area is 111 Å². The van der Waals surface area contributed by atoms with Crippen LogP contribution in [0.5, 0.6) is 11.5 Å². The molecule has 0 saturated carbocycles. The molecule has 5 heteroatoms. The fourth-order valence-electron chi connectivity index (χ4n) is 2.29. The van der Waals surface area contributed by atoms with Gasteiger partial charge in [-0.15, -0.1) is 0 Å². The van der Waals surface area contributed by atoms with Gasteiger partial charge in [0, 0.05) is 23.6 Å². The minimum absolute atomic E-state index is 0.379. The number of hydrogen-bond acceptors (Lipinski definition) is 5. The first-order valence-corrected chi connectivity index (χ1v) is 6.43. The summed E-state index contributed by atoms with van der Waals surface area (Å²) < 4.78 is 16.8. The van der Waals surface area contributed by atoms with Crippen LogP contribution in [-0.4, -0.2) is 18.4 Å². The van der Waals surface area contributed by atoms with Gasteiger partial charge in [-0.25, -0.2) is 0 Å². The van der Waals surface area contributed by atoms with E-state index in [0.29, 0.717) is 24.8 Å². The SMILES string of the molecule is CCc1c(-c2cc(N)no2)ccc2c1OCCCO2. The highest BCUT2D eigenvalue weighted by Gasteiger charge is 2.19. The first kappa shape index (κ1) is 11.9. The van der Waals surface area contributed by atoms with E-state index in [2.05, 4.69) is 12.1 Å². The quantitative estimate of drug-likeness (QED) is 0.898. The van der Waals surface area contributed by atoms with Gasteiger partial charge in [-0.05, 0) is 18.6 Å². The van der Waals surface area contributed by atoms with Gasteiger partial charge in [-0.3, -0.25) is 0 Å². The van der Waals surface area contributed by atoms with Crippen molar-refractivity contribution in [3.63, 3.8) is 0 Å². The van der Waals surface area contributed by atoms with E-state index >= 15 is 0 Å². The lowest BCUT2D eigenvalue weighted by Crippen LogP contribution is -1.99. The van der Waals surface area contributed by atoms with Crippen molar-refractivity contribution >= 4 is 5.82 Å². The van der Waals surface area contributed by atoms with Crippen LogP contribution in [0.1, 0.15) is 18.9 Å². The Morgan fingerprint density at radius 3 is 2.84 bits per heavy atom. The second-order valence-corrected chi connectivity index (χ2v) is 4.44. The number of aromatic nitrogens is 1. The largest absolute Gasteiger partial charge is 0.490 e. The Morgan fingerprint density at radius 1 is 1.26 bits per heavy atom. The van der Waals surface area contributed by atoms with Gasteiger partial charge in [0.2, 0.25) is 0 Å². The molecular formula is C14H16N2O3. The molecule has 0 bridgehead atoms. The molecular weight excluding hydrogens is 244 g/mol. The van der Waals surface area contributed by atoms with Crippen LogP contribution in [0.15, 0.2) is 22.7 Å². The maximum atomic E-state index is 5.82. The highest BCUT2D eigenvalue weighted by molar-refractivity contribution is 5.70. The lowest BCUT2D eigenvalue weighted by Gasteiger charge is -2.14. The zero-order valence-corrected chi connectivity index (χ0v) is 10.8. The molecule has 100 valence electrons. The van der Waals surface area contributed by atoms with Crippen molar-refractivity contribution in [3.05, 3.63) is 23.8 Å². The van der Waals surface area contributed by atoms with E-state index in [1.54, 1.807) is 6.07 Å². The molecule has 0 aliphatic carbocycles. The summed E-state index contributed by atoms with van der Waals surface area (Å²) in [6.45, 7) is 3.43. The van der Waals surface area contributed by atoms with Crippen LogP contribution in [0.25, 0.3) is 11.3 Å². The van der Waals surface area contributed by atoms with Gasteiger partial charge in [0.1, 0.15) is 0 Å². The Kier molecular flexibility index (Phi) is 3.03. The standard InChI is InChI=1S/C14H16N2O3/c1-2-9-10(12-8-13(15)16-19-12)4-5-11-14(9)18-7-3-6-17-11/h4-5,8H,2-3,6-7H2,1H3,(H2,15,16). The van der Waals surface area contributed by atoms with Crippen molar-refractivity contribution in [2.45, 2.75) is 19.8 Å². The molecule has 1 aliphatic heterocycles. The molecule has 2 aromatic rings. The van der Waals surface area contributed by atoms with Crippen molar-refractivity contribution in [3.8, 4) is 22.8 Å². The zero-order chi connectivity index (χ0) is 13.2. The monoisotopic (exact) mass is 260 g/mol. The second kappa shape index (κ2) is 4.84. The molecule has 0 amide bonds. The molecule has 2 heterocycles. The van der Waals surface area contributed by atoms with Gasteiger partial charge in [0.25, 0.3) is 0 Å². The summed E-state index contributed by atoms with van der Waals surface area (Å²) in [5, 5.41) is 3.73. The van der Waals surface area contributed by atoms with E-state index in [-0.39, 0.29) is 0 Å². The van der Waals surface area contributed by atoms with Gasteiger partial charge >= 0.3 is 0 Å². The number of nitrogens with zero attached hydrogens (tertiary/aromatic N) is 1. The highest BCUT2D eigenvalue weighted by Crippen LogP contribution is 2.40. The normalized spacial score (nSPS) is 14.2. The molecule has 1 aromatic carbocycles. The molecule has 2 N–H and O–H groups in total. The predicted molar refractivity (Wildman–Crippen MR) is 71.3 cm³/mol. The van der Waals surface area contributed by atoms with E-state index in [9.17, 15) is 0 Å². The second-order valence-electron chi connectivity index (χ2n) is 4.44. The number of benzene rings is 1. The minimum atomic E-state index is 0.379. The molecule has 0 saturated heterocycles. The average Bonchev–Trinajstić information content (AvgIpc) is 2.71. The van der Waals surface area contributed by atoms with Gasteiger partial charge < -0.3 is 19.7 Å². The fourth-order valence-corrected chi connectivity index (χ4v) is 2.29. The number of nitrogens with two attached hydrogens (primary N) is 1. The van der Waals surface area contributed by atoms with Crippen LogP contribution in [0.2, 0.25) is 0 Å². The van der Waals surface area contributed by atoms with Crippen LogP contribution in [-0.2, 0) is 6.42 Å². The van der Waals surface area contributed by atoms with Crippen LogP contribution < -0.4 is 15.2 Å². The number of nitrogen functional groups attached to an aromatic ring is 1. The third-order valence-electron chi connectivity index (χ3n) is 3.16. The van der Waals surface area contributed by atoms with Gasteiger partial charge in [-0.2, -0.15) is 0 Å². The minimum Gasteiger partial charge on any atom is -0.490 e. The summed E-state index contributed by atoms with van der Waals surface area (Å²) >= 11 is 0. The van der Waals surface area contributed by atoms with Crippen LogP contribution in [0.4, 0.5) is 5.82 Å². The third-order valence-corrected chi connectivity index (χ3v) is 3.16. The van der Waals surface area contributed by atoms with E-state index < -0.39 is 0 Å². The summed E-state index contributed by atoms with van der Waals surface area (Å²) in [5.74, 6) is 2.65. The topological polar surface area (TPSA) is 70.5 Å². The Bertz CT molecular complexity index is 592. The van der Waals surface area contributed by atoms with Crippen molar-refractivity contribution in [2.24, 2.45) is 0 Å². The van der Waals surface area contributed by atoms with E-state index in [1.165, 1.54) is 0 Å². The zero-order valence-electron chi connectivity index (χ0n) is 10.8. The molecule has 0 atom stereocenters. The van der Waals surface area contributed by atoms with Gasteiger partial charge in [0.15, 0.2) is 23.1 Å². The van der Waals surface area contributed by atoms with E-state index in [0.717, 1.165) is 35.5 Å².